The fourth-order valence-corrected chi connectivity index (χ4v) is 18.1. The quantitative estimate of drug-likeness (QED) is 0.0158. The number of amides is 17. The topological polar surface area (TPSA) is 607 Å². The number of carbonyl (C=O) groups excluding carboxylic acids is 16. The number of primary amides is 1. The van der Waals surface area contributed by atoms with Crippen LogP contribution in [0.5, 0.6) is 5.75 Å². The number of nitrogens with one attached hydrogen (secondary N) is 17. The fraction of sp³-hybridized carbons (Fsp3) is 0.506. The Labute approximate surface area is 771 Å². The zero-order valence-electron chi connectivity index (χ0n) is 73.7. The third-order valence-electron chi connectivity index (χ3n) is 22.9. The van der Waals surface area contributed by atoms with E-state index in [-0.39, 0.29) is 101 Å². The van der Waals surface area contributed by atoms with Crippen molar-refractivity contribution >= 4 is 152 Å². The summed E-state index contributed by atoms with van der Waals surface area (Å²) < 4.78 is 0. The number of aromatic amines is 2. The van der Waals surface area contributed by atoms with Gasteiger partial charge >= 0.3 is 6.03 Å². The molecule has 4 aromatic carbocycles. The van der Waals surface area contributed by atoms with E-state index in [1.807, 2.05) is 66.4 Å². The van der Waals surface area contributed by atoms with E-state index < -0.39 is 175 Å². The van der Waals surface area contributed by atoms with Crippen molar-refractivity contribution in [2.75, 3.05) is 75.6 Å². The number of H-pyrrole nitrogens is 2. The number of likely N-dealkylation sites (tertiary alicyclic amines) is 1. The lowest BCUT2D eigenvalue weighted by atomic mass is 10.0. The highest BCUT2D eigenvalue weighted by molar-refractivity contribution is 8.00. The van der Waals surface area contributed by atoms with Crippen LogP contribution in [-0.4, -0.2) is 279 Å². The van der Waals surface area contributed by atoms with E-state index in [0.29, 0.717) is 95.8 Å². The standard InChI is InChI=1S/C89H123N21O18S3/c1-51(99-84(123)67(42-54-44-94-60-22-9-7-20-57(54)60)106-87(126)71-26-17-37-110(71)88(127)69(49-111)107-86(125)68(43-55-45-95-61-23-10-8-21-58(55)61)104-80(119)59(91)40-52-18-5-4-6-19-52)79(118)101-64(33-38-129-2)82(121)103-65(34-39-130-3)83(122)105-66(41-53-29-31-56(112)32-30-53)85(124)102-63(25-13-15-35-90)81(120)98-47-75(115)96-46-74(114)97-48-76(116)100-62(78(92)117)24-14-16-36-93-73(113)28-12-11-27-72-77-70(50-131-72)108-89(128)109-77/h4-10,18-23,29-32,44-45,51,59,62-72,77,94-95,111-112H,11-17,24-28,33-43,46-50,90-91H2,1-3H3,(H2,92,117)(H,93,113)(H,96,115)(H,97,114)(H,98,120)(H,99,123)(H,100,116)(H,101,118)(H,102,124)(H,103,121)(H,104,119)(H,105,122)(H,106,126)(H,107,125)(H2,108,109,128)/t51-,59-,62-,63-,64-,65-,66-,67-,68-,69-,70-,71-,72-,77-/m0/s1. The van der Waals surface area contributed by atoms with Gasteiger partial charge in [-0.2, -0.15) is 35.3 Å². The normalized spacial score (nSPS) is 17.3. The first-order valence-corrected chi connectivity index (χ1v) is 47.9. The second-order valence-electron chi connectivity index (χ2n) is 32.7. The molecule has 2 aromatic heterocycles. The summed E-state index contributed by atoms with van der Waals surface area (Å²) in [6.45, 7) is -0.905. The Kier molecular flexibility index (Phi) is 41.4. The zero-order chi connectivity index (χ0) is 94.5. The predicted octanol–water partition coefficient (Wildman–Crippen LogP) is -1.20. The number of aliphatic hydroxyl groups is 1. The number of aromatic hydroxyl groups is 1. The van der Waals surface area contributed by atoms with Crippen LogP contribution in [0, 0.1) is 0 Å². The number of rotatable bonds is 55. The molecule has 710 valence electrons. The SMILES string of the molecule is CSCC[C@H](NC(=O)[C@H](C)NC(=O)[C@H](Cc1c[nH]c2ccccc12)NC(=O)[C@@H]1CCCN1C(=O)[C@H](CO)NC(=O)[C@H](Cc1c[nH]c2ccccc12)NC(=O)[C@@H](N)Cc1ccccc1)C(=O)N[C@@H](CCSC)C(=O)N[C@@H](Cc1ccc(O)cc1)C(=O)N[C@@H](CCCCN)C(=O)NCC(=O)NCC(=O)NCC(=O)N[C@@H](CCCCNC(=O)CCCC[C@@H]1SC[C@@H]2NC(=O)N[C@@H]21)C(N)=O. The Bertz CT molecular complexity index is 4910. The number of fused-ring (bicyclic) bond motifs is 3. The maximum absolute atomic E-state index is 14.8. The number of nitrogens with two attached hydrogens (primary N) is 3. The van der Waals surface area contributed by atoms with Crippen molar-refractivity contribution in [3.8, 4) is 5.75 Å². The van der Waals surface area contributed by atoms with Crippen LogP contribution in [0.15, 0.2) is 116 Å². The first kappa shape index (κ1) is 103. The van der Waals surface area contributed by atoms with Gasteiger partial charge < -0.3 is 122 Å². The number of thioether (sulfide) groups is 3. The minimum Gasteiger partial charge on any atom is -0.508 e. The highest BCUT2D eigenvalue weighted by Gasteiger charge is 2.44. The molecule has 6 aromatic rings. The smallest absolute Gasteiger partial charge is 0.315 e. The molecule has 17 amide bonds. The molecular formula is C89H123N21O18S3. The Morgan fingerprint density at radius 2 is 1.03 bits per heavy atom. The number of nitrogens with zero attached hydrogens (tertiary/aromatic N) is 1. The zero-order valence-corrected chi connectivity index (χ0v) is 76.1. The molecule has 42 heteroatoms. The summed E-state index contributed by atoms with van der Waals surface area (Å²) in [6.07, 6.45) is 11.6. The lowest BCUT2D eigenvalue weighted by Gasteiger charge is -2.30. The average Bonchev–Trinajstić information content (AvgIpc) is 1.68. The van der Waals surface area contributed by atoms with Crippen LogP contribution in [0.25, 0.3) is 21.8 Å². The summed E-state index contributed by atoms with van der Waals surface area (Å²) in [5, 5.41) is 63.0. The van der Waals surface area contributed by atoms with E-state index in [0.717, 1.165) is 35.1 Å². The number of phenols is 1. The van der Waals surface area contributed by atoms with E-state index in [1.165, 1.54) is 59.6 Å². The summed E-state index contributed by atoms with van der Waals surface area (Å²) in [6, 6.07) is 14.8. The van der Waals surface area contributed by atoms with Crippen LogP contribution in [0.4, 0.5) is 4.79 Å². The number of unbranched alkanes of at least 4 members (excludes halogenated alkanes) is 3. The summed E-state index contributed by atoms with van der Waals surface area (Å²) in [4.78, 5) is 228. The minimum atomic E-state index is -1.61. The molecule has 14 atom stereocenters. The molecule has 9 rings (SSSR count). The van der Waals surface area contributed by atoms with Crippen molar-refractivity contribution in [1.82, 2.24) is 94.6 Å². The Hall–Kier alpha value is -12.0. The first-order chi connectivity index (χ1) is 63.0. The number of aromatic nitrogens is 2. The van der Waals surface area contributed by atoms with Crippen LogP contribution < -0.4 is 97.0 Å². The van der Waals surface area contributed by atoms with Crippen LogP contribution in [0.1, 0.15) is 119 Å². The highest BCUT2D eigenvalue weighted by Crippen LogP contribution is 2.34. The van der Waals surface area contributed by atoms with Gasteiger partial charge in [-0.05, 0) is 167 Å². The largest absolute Gasteiger partial charge is 0.508 e. The molecule has 0 radical (unpaired) electrons. The summed E-state index contributed by atoms with van der Waals surface area (Å²) >= 11 is 4.50. The molecular weight excluding hydrogens is 1750 g/mol. The van der Waals surface area contributed by atoms with Gasteiger partial charge in [0.05, 0.1) is 44.4 Å². The van der Waals surface area contributed by atoms with Crippen molar-refractivity contribution < 1.29 is 86.9 Å². The second-order valence-corrected chi connectivity index (χ2v) is 35.9. The van der Waals surface area contributed by atoms with Gasteiger partial charge in [0.25, 0.3) is 0 Å². The van der Waals surface area contributed by atoms with Gasteiger partial charge in [-0.25, -0.2) is 4.79 Å². The number of benzene rings is 4. The summed E-state index contributed by atoms with van der Waals surface area (Å²) in [7, 11) is 0. The number of para-hydroxylation sites is 2. The molecule has 25 N–H and O–H groups in total. The molecule has 5 heterocycles. The molecule has 39 nitrogen and oxygen atoms in total. The van der Waals surface area contributed by atoms with Gasteiger partial charge in [0.15, 0.2) is 0 Å². The molecule has 131 heavy (non-hydrogen) atoms. The van der Waals surface area contributed by atoms with Crippen LogP contribution in [0.2, 0.25) is 0 Å². The number of hydrogen-bond acceptors (Lipinski definition) is 23. The Morgan fingerprint density at radius 3 is 1.64 bits per heavy atom. The van der Waals surface area contributed by atoms with E-state index >= 15 is 0 Å². The lowest BCUT2D eigenvalue weighted by Crippen LogP contribution is -2.61. The minimum absolute atomic E-state index is 0.00378. The molecule has 0 bridgehead atoms. The van der Waals surface area contributed by atoms with Crippen molar-refractivity contribution in [2.45, 2.75) is 206 Å². The molecule has 3 saturated heterocycles. The van der Waals surface area contributed by atoms with Gasteiger partial charge in [-0.3, -0.25) is 71.9 Å². The number of hydrogen-bond donors (Lipinski definition) is 22. The number of urea groups is 1. The van der Waals surface area contributed by atoms with E-state index in [4.69, 9.17) is 17.2 Å². The van der Waals surface area contributed by atoms with Crippen molar-refractivity contribution in [2.24, 2.45) is 17.2 Å². The fourth-order valence-electron chi connectivity index (χ4n) is 15.6. The van der Waals surface area contributed by atoms with Crippen LogP contribution >= 0.6 is 35.3 Å². The lowest BCUT2D eigenvalue weighted by molar-refractivity contribution is -0.143. The van der Waals surface area contributed by atoms with E-state index in [9.17, 15) is 86.9 Å². The molecule has 0 spiro atoms. The number of carbonyl (C=O) groups is 16. The monoisotopic (exact) mass is 1870 g/mol. The summed E-state index contributed by atoms with van der Waals surface area (Å²) in [5.41, 5.74) is 21.7. The number of phenolic OH excluding ortho intramolecular Hbond substituents is 1. The average molecular weight is 1870 g/mol. The predicted molar refractivity (Wildman–Crippen MR) is 497 cm³/mol. The Morgan fingerprint density at radius 1 is 0.511 bits per heavy atom. The van der Waals surface area contributed by atoms with Gasteiger partial charge in [0.2, 0.25) is 88.6 Å². The maximum atomic E-state index is 14.8. The van der Waals surface area contributed by atoms with E-state index in [1.54, 1.807) is 49.2 Å². The molecule has 0 unspecified atom stereocenters. The Balaban J connectivity index is 0.778. The molecule has 0 saturated carbocycles. The van der Waals surface area contributed by atoms with Gasteiger partial charge in [0, 0.05) is 84.0 Å². The molecule has 3 aliphatic rings. The molecule has 3 fully saturated rings. The maximum Gasteiger partial charge on any atom is 0.315 e. The van der Waals surface area contributed by atoms with Gasteiger partial charge in [0.1, 0.15) is 66.2 Å². The van der Waals surface area contributed by atoms with Crippen molar-refractivity contribution in [3.63, 3.8) is 0 Å². The first-order valence-electron chi connectivity index (χ1n) is 44.1. The van der Waals surface area contributed by atoms with Crippen molar-refractivity contribution in [1.29, 1.82) is 0 Å². The molecule has 3 aliphatic heterocycles. The highest BCUT2D eigenvalue weighted by atomic mass is 32.2. The molecule has 0 aliphatic carbocycles. The number of aliphatic hydroxyl groups excluding tert-OH is 1. The van der Waals surface area contributed by atoms with Crippen LogP contribution in [-0.2, 0) is 97.6 Å². The third-order valence-corrected chi connectivity index (χ3v) is 25.7. The van der Waals surface area contributed by atoms with Gasteiger partial charge in [-0.15, -0.1) is 0 Å². The third kappa shape index (κ3) is 32.2. The van der Waals surface area contributed by atoms with Crippen LogP contribution in [0.3, 0.4) is 0 Å². The van der Waals surface area contributed by atoms with Gasteiger partial charge in [-0.1, -0.05) is 85.3 Å². The van der Waals surface area contributed by atoms with Crippen molar-refractivity contribution in [3.05, 3.63) is 138 Å². The second kappa shape index (κ2) is 52.8. The van der Waals surface area contributed by atoms with E-state index in [2.05, 4.69) is 89.7 Å². The summed E-state index contributed by atoms with van der Waals surface area (Å²) in [5.74, 6) is -10.1.